The molecule has 2 heterocycles. The first-order chi connectivity index (χ1) is 10.3. The molecular formula is C15H14N2O2S2. The number of oxazole rings is 1. The van der Waals surface area contributed by atoms with Crippen molar-refractivity contribution in [2.75, 3.05) is 7.11 Å². The Balaban J connectivity index is 1.62. The largest absolute Gasteiger partial charge is 0.431 e. The van der Waals surface area contributed by atoms with E-state index in [-0.39, 0.29) is 0 Å². The normalized spacial score (nSPS) is 10.9. The quantitative estimate of drug-likeness (QED) is 0.636. The van der Waals surface area contributed by atoms with Gasteiger partial charge in [0.1, 0.15) is 5.01 Å². The van der Waals surface area contributed by atoms with Crippen LogP contribution in [-0.2, 0) is 17.1 Å². The van der Waals surface area contributed by atoms with E-state index in [0.717, 1.165) is 27.8 Å². The lowest BCUT2D eigenvalue weighted by molar-refractivity contribution is 0.184. The number of methoxy groups -OCH3 is 1. The van der Waals surface area contributed by atoms with Gasteiger partial charge in [0.2, 0.25) is 0 Å². The summed E-state index contributed by atoms with van der Waals surface area (Å²) < 4.78 is 10.8. The minimum Gasteiger partial charge on any atom is -0.431 e. The van der Waals surface area contributed by atoms with Crippen molar-refractivity contribution in [1.82, 2.24) is 9.97 Å². The number of thiazole rings is 1. The lowest BCUT2D eigenvalue weighted by Gasteiger charge is -1.95. The molecule has 6 heteroatoms. The number of ether oxygens (including phenoxy) is 1. The van der Waals surface area contributed by atoms with Crippen LogP contribution in [0.4, 0.5) is 0 Å². The van der Waals surface area contributed by atoms with E-state index in [1.54, 1.807) is 36.4 Å². The molecule has 108 valence electrons. The average Bonchev–Trinajstić information content (AvgIpc) is 3.16. The van der Waals surface area contributed by atoms with E-state index in [1.165, 1.54) is 0 Å². The van der Waals surface area contributed by atoms with Crippen LogP contribution < -0.4 is 0 Å². The third-order valence-corrected chi connectivity index (χ3v) is 4.50. The molecule has 0 aliphatic rings. The van der Waals surface area contributed by atoms with Gasteiger partial charge in [0.05, 0.1) is 18.5 Å². The van der Waals surface area contributed by atoms with Crippen molar-refractivity contribution in [3.63, 3.8) is 0 Å². The van der Waals surface area contributed by atoms with Crippen molar-refractivity contribution in [2.45, 2.75) is 17.6 Å². The fraction of sp³-hybridized carbons (Fsp3) is 0.200. The second-order valence-electron chi connectivity index (χ2n) is 4.31. The monoisotopic (exact) mass is 318 g/mol. The third-order valence-electron chi connectivity index (χ3n) is 2.75. The maximum absolute atomic E-state index is 5.75. The second kappa shape index (κ2) is 6.89. The van der Waals surface area contributed by atoms with Crippen molar-refractivity contribution in [2.24, 2.45) is 0 Å². The van der Waals surface area contributed by atoms with Crippen LogP contribution in [0, 0.1) is 0 Å². The fourth-order valence-electron chi connectivity index (χ4n) is 1.80. The summed E-state index contributed by atoms with van der Waals surface area (Å²) in [7, 11) is 1.67. The minimum absolute atomic E-state index is 0.562. The van der Waals surface area contributed by atoms with Crippen LogP contribution in [0.2, 0.25) is 0 Å². The summed E-state index contributed by atoms with van der Waals surface area (Å²) in [6, 6.07) is 9.96. The van der Waals surface area contributed by atoms with Crippen molar-refractivity contribution in [3.05, 3.63) is 52.6 Å². The molecule has 0 bridgehead atoms. The van der Waals surface area contributed by atoms with Crippen molar-refractivity contribution >= 4 is 23.1 Å². The van der Waals surface area contributed by atoms with Gasteiger partial charge < -0.3 is 9.15 Å². The Bertz CT molecular complexity index is 695. The highest BCUT2D eigenvalue weighted by Crippen LogP contribution is 2.27. The van der Waals surface area contributed by atoms with Gasteiger partial charge in [0.25, 0.3) is 5.22 Å². The van der Waals surface area contributed by atoms with Crippen molar-refractivity contribution in [3.8, 4) is 11.3 Å². The van der Waals surface area contributed by atoms with Crippen LogP contribution in [0.5, 0.6) is 0 Å². The first kappa shape index (κ1) is 14.3. The molecule has 0 amide bonds. The van der Waals surface area contributed by atoms with E-state index in [2.05, 4.69) is 9.97 Å². The predicted octanol–water partition coefficient (Wildman–Crippen LogP) is 4.24. The summed E-state index contributed by atoms with van der Waals surface area (Å²) in [5.74, 6) is 1.53. The Hall–Kier alpha value is -1.63. The van der Waals surface area contributed by atoms with Gasteiger partial charge in [0.15, 0.2) is 5.76 Å². The first-order valence-electron chi connectivity index (χ1n) is 6.41. The van der Waals surface area contributed by atoms with E-state index in [9.17, 15) is 0 Å². The van der Waals surface area contributed by atoms with Gasteiger partial charge >= 0.3 is 0 Å². The van der Waals surface area contributed by atoms with Gasteiger partial charge in [-0.3, -0.25) is 0 Å². The van der Waals surface area contributed by atoms with Crippen LogP contribution in [0.3, 0.4) is 0 Å². The summed E-state index contributed by atoms with van der Waals surface area (Å²) >= 11 is 3.16. The zero-order valence-electron chi connectivity index (χ0n) is 11.5. The number of aromatic nitrogens is 2. The number of nitrogens with zero attached hydrogens (tertiary/aromatic N) is 2. The first-order valence-corrected chi connectivity index (χ1v) is 8.28. The molecule has 0 atom stereocenters. The zero-order valence-corrected chi connectivity index (χ0v) is 13.1. The van der Waals surface area contributed by atoms with Crippen molar-refractivity contribution in [1.29, 1.82) is 0 Å². The molecule has 4 nitrogen and oxygen atoms in total. The lowest BCUT2D eigenvalue weighted by Crippen LogP contribution is -1.87. The Labute approximate surface area is 131 Å². The fourth-order valence-corrected chi connectivity index (χ4v) is 3.37. The smallest absolute Gasteiger partial charge is 0.256 e. The number of hydrogen-bond donors (Lipinski definition) is 0. The van der Waals surface area contributed by atoms with Crippen LogP contribution >= 0.6 is 23.1 Å². The van der Waals surface area contributed by atoms with Gasteiger partial charge in [-0.1, -0.05) is 42.1 Å². The van der Waals surface area contributed by atoms with Gasteiger partial charge in [-0.05, 0) is 0 Å². The molecule has 2 aromatic heterocycles. The molecule has 0 spiro atoms. The molecule has 0 fully saturated rings. The lowest BCUT2D eigenvalue weighted by atomic mass is 10.2. The maximum Gasteiger partial charge on any atom is 0.256 e. The molecule has 0 N–H and O–H groups in total. The van der Waals surface area contributed by atoms with Crippen molar-refractivity contribution < 1.29 is 9.15 Å². The highest BCUT2D eigenvalue weighted by Gasteiger charge is 2.08. The molecule has 3 aromatic rings. The Morgan fingerprint density at radius 2 is 2.14 bits per heavy atom. The highest BCUT2D eigenvalue weighted by molar-refractivity contribution is 7.98. The van der Waals surface area contributed by atoms with Crippen LogP contribution in [0.15, 0.2) is 51.5 Å². The van der Waals surface area contributed by atoms with E-state index in [1.807, 2.05) is 35.7 Å². The number of benzene rings is 1. The molecule has 0 radical (unpaired) electrons. The molecule has 0 unspecified atom stereocenters. The van der Waals surface area contributed by atoms with Gasteiger partial charge in [0, 0.05) is 23.8 Å². The van der Waals surface area contributed by atoms with E-state index in [4.69, 9.17) is 9.15 Å². The summed E-state index contributed by atoms with van der Waals surface area (Å²) in [6.45, 7) is 0.562. The van der Waals surface area contributed by atoms with Gasteiger partial charge in [-0.25, -0.2) is 9.97 Å². The summed E-state index contributed by atoms with van der Waals surface area (Å²) in [6.07, 6.45) is 1.76. The van der Waals surface area contributed by atoms with E-state index >= 15 is 0 Å². The molecule has 0 saturated carbocycles. The molecule has 21 heavy (non-hydrogen) atoms. The van der Waals surface area contributed by atoms with E-state index < -0.39 is 0 Å². The zero-order chi connectivity index (χ0) is 14.5. The van der Waals surface area contributed by atoms with Gasteiger partial charge in [-0.2, -0.15) is 0 Å². The SMILES string of the molecule is COCc1nc(CSc2ncc(-c3ccccc3)o2)cs1. The average molecular weight is 318 g/mol. The summed E-state index contributed by atoms with van der Waals surface area (Å²) in [5.41, 5.74) is 2.06. The van der Waals surface area contributed by atoms with Crippen LogP contribution in [0.1, 0.15) is 10.7 Å². The molecule has 0 aliphatic carbocycles. The maximum atomic E-state index is 5.75. The molecule has 3 rings (SSSR count). The summed E-state index contributed by atoms with van der Waals surface area (Å²) in [4.78, 5) is 8.78. The Morgan fingerprint density at radius 3 is 2.95 bits per heavy atom. The summed E-state index contributed by atoms with van der Waals surface area (Å²) in [5, 5.41) is 3.70. The van der Waals surface area contributed by atoms with Gasteiger partial charge in [-0.15, -0.1) is 11.3 Å². The molecule has 1 aromatic carbocycles. The Kier molecular flexibility index (Phi) is 4.69. The highest BCUT2D eigenvalue weighted by atomic mass is 32.2. The topological polar surface area (TPSA) is 48.2 Å². The molecule has 0 aliphatic heterocycles. The predicted molar refractivity (Wildman–Crippen MR) is 84.3 cm³/mol. The number of thioether (sulfide) groups is 1. The Morgan fingerprint density at radius 1 is 1.29 bits per heavy atom. The third kappa shape index (κ3) is 3.72. The second-order valence-corrected chi connectivity index (χ2v) is 6.18. The van der Waals surface area contributed by atoms with Crippen LogP contribution in [-0.4, -0.2) is 17.1 Å². The molecular weight excluding hydrogens is 304 g/mol. The standard InChI is InChI=1S/C15H14N2O2S2/c1-18-8-14-17-12(9-20-14)10-21-15-16-7-13(19-15)11-5-3-2-4-6-11/h2-7,9H,8,10H2,1H3. The minimum atomic E-state index is 0.562. The molecule has 0 saturated heterocycles. The number of hydrogen-bond acceptors (Lipinski definition) is 6. The van der Waals surface area contributed by atoms with Crippen LogP contribution in [0.25, 0.3) is 11.3 Å². The van der Waals surface area contributed by atoms with E-state index in [0.29, 0.717) is 11.8 Å². The number of rotatable bonds is 6.